The third-order valence-electron chi connectivity index (χ3n) is 3.87. The van der Waals surface area contributed by atoms with Crippen molar-refractivity contribution in [2.75, 3.05) is 32.6 Å². The highest BCUT2D eigenvalue weighted by molar-refractivity contribution is 5.92. The Hall–Kier alpha value is -2.53. The zero-order chi connectivity index (χ0) is 18.9. The van der Waals surface area contributed by atoms with Crippen LogP contribution in [0.3, 0.4) is 0 Å². The molecule has 0 aromatic heterocycles. The molecule has 0 fully saturated rings. The van der Waals surface area contributed by atoms with Crippen molar-refractivity contribution in [1.29, 1.82) is 0 Å². The Morgan fingerprint density at radius 2 is 1.73 bits per heavy atom. The molecule has 0 amide bonds. The van der Waals surface area contributed by atoms with E-state index < -0.39 is 0 Å². The van der Waals surface area contributed by atoms with Gasteiger partial charge in [0.15, 0.2) is 5.96 Å². The van der Waals surface area contributed by atoms with E-state index in [0.29, 0.717) is 12.5 Å². The molecule has 26 heavy (non-hydrogen) atoms. The van der Waals surface area contributed by atoms with Gasteiger partial charge in [0.05, 0.1) is 13.2 Å². The number of benzene rings is 2. The maximum atomic E-state index is 6.00. The van der Waals surface area contributed by atoms with Gasteiger partial charge in [-0.15, -0.1) is 0 Å². The van der Waals surface area contributed by atoms with Crippen LogP contribution >= 0.6 is 0 Å². The van der Waals surface area contributed by atoms with Gasteiger partial charge < -0.3 is 20.7 Å². The van der Waals surface area contributed by atoms with Gasteiger partial charge in [-0.2, -0.15) is 0 Å². The van der Waals surface area contributed by atoms with E-state index in [2.05, 4.69) is 61.4 Å². The lowest BCUT2D eigenvalue weighted by Crippen LogP contribution is -2.22. The first-order valence-corrected chi connectivity index (χ1v) is 8.94. The third-order valence-corrected chi connectivity index (χ3v) is 3.87. The highest BCUT2D eigenvalue weighted by Gasteiger charge is 1.99. The summed E-state index contributed by atoms with van der Waals surface area (Å²) in [7, 11) is 4.13. The normalized spacial score (nSPS) is 11.7. The van der Waals surface area contributed by atoms with E-state index in [1.807, 2.05) is 24.3 Å². The van der Waals surface area contributed by atoms with Gasteiger partial charge in [-0.05, 0) is 75.3 Å². The van der Waals surface area contributed by atoms with Gasteiger partial charge in [-0.25, -0.2) is 4.99 Å². The zero-order valence-electron chi connectivity index (χ0n) is 16.2. The van der Waals surface area contributed by atoms with Crippen molar-refractivity contribution in [3.8, 4) is 5.75 Å². The minimum absolute atomic E-state index is 0.416. The summed E-state index contributed by atoms with van der Waals surface area (Å²) in [6, 6.07) is 14.2. The molecule has 0 aliphatic heterocycles. The smallest absolute Gasteiger partial charge is 0.193 e. The lowest BCUT2D eigenvalue weighted by atomic mass is 10.1. The summed E-state index contributed by atoms with van der Waals surface area (Å²) in [5.74, 6) is 1.30. The van der Waals surface area contributed by atoms with Crippen LogP contribution in [0.25, 0.3) is 0 Å². The van der Waals surface area contributed by atoms with Gasteiger partial charge in [-0.3, -0.25) is 0 Å². The highest BCUT2D eigenvalue weighted by atomic mass is 16.5. The van der Waals surface area contributed by atoms with E-state index in [1.54, 1.807) is 0 Å². The lowest BCUT2D eigenvalue weighted by Gasteiger charge is -2.10. The molecule has 0 saturated heterocycles. The predicted molar refractivity (Wildman–Crippen MR) is 110 cm³/mol. The molecule has 0 bridgehead atoms. The van der Waals surface area contributed by atoms with Crippen molar-refractivity contribution in [3.63, 3.8) is 0 Å². The summed E-state index contributed by atoms with van der Waals surface area (Å²) in [6.07, 6.45) is 1.01. The maximum absolute atomic E-state index is 6.00. The highest BCUT2D eigenvalue weighted by Crippen LogP contribution is 2.15. The summed E-state index contributed by atoms with van der Waals surface area (Å²) in [6.45, 7) is 6.41. The second-order valence-corrected chi connectivity index (χ2v) is 6.85. The summed E-state index contributed by atoms with van der Waals surface area (Å²) in [4.78, 5) is 6.56. The van der Waals surface area contributed by atoms with Crippen LogP contribution in [-0.2, 0) is 6.54 Å². The van der Waals surface area contributed by atoms with Crippen molar-refractivity contribution in [3.05, 3.63) is 59.2 Å². The van der Waals surface area contributed by atoms with E-state index in [9.17, 15) is 0 Å². The standard InChI is InChI=1S/C21H30N4O/c1-16-12-17(2)14-19(13-16)24-21(22)23-15-18-6-8-20(9-7-18)26-11-5-10-25(3)4/h6-9,12-14H,5,10-11,15H2,1-4H3,(H3,22,23,24). The fourth-order valence-corrected chi connectivity index (χ4v) is 2.67. The average Bonchev–Trinajstić information content (AvgIpc) is 2.57. The van der Waals surface area contributed by atoms with E-state index in [0.717, 1.165) is 36.6 Å². The van der Waals surface area contributed by atoms with Gasteiger partial charge in [0.2, 0.25) is 0 Å². The van der Waals surface area contributed by atoms with Gasteiger partial charge >= 0.3 is 0 Å². The van der Waals surface area contributed by atoms with Gasteiger partial charge in [-0.1, -0.05) is 18.2 Å². The third kappa shape index (κ3) is 7.15. The molecule has 2 aromatic rings. The molecule has 0 unspecified atom stereocenters. The van der Waals surface area contributed by atoms with Crippen molar-refractivity contribution in [1.82, 2.24) is 4.90 Å². The Bertz CT molecular complexity index is 703. The predicted octanol–water partition coefficient (Wildman–Crippen LogP) is 3.56. The van der Waals surface area contributed by atoms with E-state index in [1.165, 1.54) is 11.1 Å². The molecule has 5 nitrogen and oxygen atoms in total. The summed E-state index contributed by atoms with van der Waals surface area (Å²) >= 11 is 0. The number of ether oxygens (including phenoxy) is 1. The number of nitrogens with two attached hydrogens (primary N) is 1. The summed E-state index contributed by atoms with van der Waals surface area (Å²) in [5, 5.41) is 3.15. The number of rotatable bonds is 8. The molecule has 0 spiro atoms. The van der Waals surface area contributed by atoms with Crippen molar-refractivity contribution >= 4 is 11.6 Å². The summed E-state index contributed by atoms with van der Waals surface area (Å²) < 4.78 is 5.74. The first kappa shape index (κ1) is 19.8. The molecular formula is C21H30N4O. The van der Waals surface area contributed by atoms with Crippen LogP contribution < -0.4 is 15.8 Å². The number of hydrogen-bond acceptors (Lipinski definition) is 3. The van der Waals surface area contributed by atoms with E-state index >= 15 is 0 Å². The molecule has 0 aliphatic carbocycles. The van der Waals surface area contributed by atoms with Gasteiger partial charge in [0.25, 0.3) is 0 Å². The number of aliphatic imine (C=N–C) groups is 1. The molecule has 2 rings (SSSR count). The topological polar surface area (TPSA) is 62.9 Å². The number of aryl methyl sites for hydroxylation is 2. The van der Waals surface area contributed by atoms with Gasteiger partial charge in [0, 0.05) is 12.2 Å². The Morgan fingerprint density at radius 1 is 1.08 bits per heavy atom. The maximum Gasteiger partial charge on any atom is 0.193 e. The van der Waals surface area contributed by atoms with Crippen LogP contribution in [0, 0.1) is 13.8 Å². The fourth-order valence-electron chi connectivity index (χ4n) is 2.67. The summed E-state index contributed by atoms with van der Waals surface area (Å²) in [5.41, 5.74) is 10.4. The number of hydrogen-bond donors (Lipinski definition) is 2. The molecule has 140 valence electrons. The SMILES string of the molecule is Cc1cc(C)cc(NC(N)=NCc2ccc(OCCCN(C)C)cc2)c1. The molecule has 0 aliphatic rings. The Balaban J connectivity index is 1.83. The van der Waals surface area contributed by atoms with E-state index in [-0.39, 0.29) is 0 Å². The van der Waals surface area contributed by atoms with Gasteiger partial charge in [0.1, 0.15) is 5.75 Å². The van der Waals surface area contributed by atoms with Crippen molar-refractivity contribution in [2.24, 2.45) is 10.7 Å². The van der Waals surface area contributed by atoms with Crippen LogP contribution in [0.1, 0.15) is 23.1 Å². The van der Waals surface area contributed by atoms with Crippen LogP contribution in [-0.4, -0.2) is 38.1 Å². The number of anilines is 1. The number of guanidine groups is 1. The molecule has 3 N–H and O–H groups in total. The monoisotopic (exact) mass is 354 g/mol. The lowest BCUT2D eigenvalue weighted by molar-refractivity contribution is 0.281. The second kappa shape index (κ2) is 9.82. The Morgan fingerprint density at radius 3 is 2.35 bits per heavy atom. The zero-order valence-corrected chi connectivity index (χ0v) is 16.2. The van der Waals surface area contributed by atoms with Crippen LogP contribution in [0.4, 0.5) is 5.69 Å². The molecule has 0 radical (unpaired) electrons. The average molecular weight is 354 g/mol. The Kier molecular flexibility index (Phi) is 7.48. The first-order chi connectivity index (χ1) is 12.4. The molecule has 0 heterocycles. The molecule has 0 saturated carbocycles. The Labute approximate surface area is 156 Å². The number of nitrogens with one attached hydrogen (secondary N) is 1. The quantitative estimate of drug-likeness (QED) is 0.432. The van der Waals surface area contributed by atoms with Crippen molar-refractivity contribution < 1.29 is 4.74 Å². The molecule has 5 heteroatoms. The minimum atomic E-state index is 0.416. The molecule has 2 aromatic carbocycles. The van der Waals surface area contributed by atoms with E-state index in [4.69, 9.17) is 10.5 Å². The first-order valence-electron chi connectivity index (χ1n) is 8.94. The molecule has 0 atom stereocenters. The van der Waals surface area contributed by atoms with Crippen LogP contribution in [0.15, 0.2) is 47.5 Å². The minimum Gasteiger partial charge on any atom is -0.494 e. The second-order valence-electron chi connectivity index (χ2n) is 6.85. The van der Waals surface area contributed by atoms with Crippen molar-refractivity contribution in [2.45, 2.75) is 26.8 Å². The largest absolute Gasteiger partial charge is 0.494 e. The van der Waals surface area contributed by atoms with Crippen LogP contribution in [0.2, 0.25) is 0 Å². The fraction of sp³-hybridized carbons (Fsp3) is 0.381. The molecular weight excluding hydrogens is 324 g/mol. The van der Waals surface area contributed by atoms with Crippen LogP contribution in [0.5, 0.6) is 5.75 Å². The number of nitrogens with zero attached hydrogens (tertiary/aromatic N) is 2.